The van der Waals surface area contributed by atoms with E-state index in [9.17, 15) is 0 Å². The average Bonchev–Trinajstić information content (AvgIpc) is 2.86. The van der Waals surface area contributed by atoms with Crippen LogP contribution in [0.2, 0.25) is 0 Å². The maximum atomic E-state index is 4.46. The van der Waals surface area contributed by atoms with Gasteiger partial charge in [-0.1, -0.05) is 103 Å². The molecule has 4 aromatic carbocycles. The predicted octanol–water partition coefficient (Wildman–Crippen LogP) is 7.36. The van der Waals surface area contributed by atoms with Gasteiger partial charge in [0, 0.05) is 17.3 Å². The zero-order chi connectivity index (χ0) is 21.7. The van der Waals surface area contributed by atoms with Crippen molar-refractivity contribution in [3.8, 4) is 0 Å². The molecule has 0 aliphatic rings. The van der Waals surface area contributed by atoms with Crippen molar-refractivity contribution in [2.75, 3.05) is 0 Å². The zero-order valence-electron chi connectivity index (χ0n) is 17.3. The smallest absolute Gasteiger partial charge is 0.0701 e. The number of hydrogen-bond donors (Lipinski definition) is 3. The van der Waals surface area contributed by atoms with E-state index in [-0.39, 0.29) is 0 Å². The molecule has 156 valence electrons. The van der Waals surface area contributed by atoms with E-state index in [0.29, 0.717) is 0 Å². The van der Waals surface area contributed by atoms with E-state index < -0.39 is 5.41 Å². The van der Waals surface area contributed by atoms with Crippen molar-refractivity contribution in [2.24, 2.45) is 0 Å². The van der Waals surface area contributed by atoms with Gasteiger partial charge in [-0.2, -0.15) is 37.9 Å². The van der Waals surface area contributed by atoms with Crippen molar-refractivity contribution in [1.29, 1.82) is 0 Å². The summed E-state index contributed by atoms with van der Waals surface area (Å²) in [6.07, 6.45) is 0. The van der Waals surface area contributed by atoms with Gasteiger partial charge in [-0.15, -0.1) is 0 Å². The number of benzene rings is 4. The Morgan fingerprint density at radius 3 is 0.968 bits per heavy atom. The van der Waals surface area contributed by atoms with Gasteiger partial charge in [0.05, 0.1) is 5.41 Å². The summed E-state index contributed by atoms with van der Waals surface area (Å²) < 4.78 is 0. The molecule has 0 saturated heterocycles. The van der Waals surface area contributed by atoms with Crippen molar-refractivity contribution < 1.29 is 0 Å². The molecule has 0 unspecified atom stereocenters. The van der Waals surface area contributed by atoms with Crippen LogP contribution >= 0.6 is 37.9 Å². The lowest BCUT2D eigenvalue weighted by atomic mass is 9.65. The summed E-state index contributed by atoms with van der Waals surface area (Å²) >= 11 is 13.4. The molecule has 0 nitrogen and oxygen atoms in total. The lowest BCUT2D eigenvalue weighted by molar-refractivity contribution is 0.744. The fourth-order valence-electron chi connectivity index (χ4n) is 4.27. The van der Waals surface area contributed by atoms with E-state index in [0.717, 1.165) is 17.3 Å². The van der Waals surface area contributed by atoms with Gasteiger partial charge in [0.25, 0.3) is 0 Å². The van der Waals surface area contributed by atoms with Gasteiger partial charge >= 0.3 is 0 Å². The van der Waals surface area contributed by atoms with E-state index >= 15 is 0 Å². The van der Waals surface area contributed by atoms with Crippen molar-refractivity contribution in [2.45, 2.75) is 22.7 Å². The molecular weight excluding hydrogens is 433 g/mol. The predicted molar refractivity (Wildman–Crippen MR) is 143 cm³/mol. The van der Waals surface area contributed by atoms with Crippen LogP contribution in [-0.2, 0) is 22.7 Å². The second-order valence-corrected chi connectivity index (χ2v) is 8.63. The third kappa shape index (κ3) is 4.32. The Morgan fingerprint density at radius 2 is 0.677 bits per heavy atom. The molecule has 0 aliphatic carbocycles. The minimum atomic E-state index is -0.430. The highest BCUT2D eigenvalue weighted by molar-refractivity contribution is 7.79. The quantitative estimate of drug-likeness (QED) is 0.187. The second kappa shape index (κ2) is 10.0. The molecule has 0 radical (unpaired) electrons. The number of thiol groups is 3. The molecule has 0 aromatic heterocycles. The maximum absolute atomic E-state index is 4.46. The van der Waals surface area contributed by atoms with E-state index in [2.05, 4.69) is 141 Å². The zero-order valence-corrected chi connectivity index (χ0v) is 20.0. The number of rotatable bonds is 7. The van der Waals surface area contributed by atoms with Crippen molar-refractivity contribution >= 4 is 37.9 Å². The molecule has 0 saturated carbocycles. The highest BCUT2D eigenvalue weighted by Crippen LogP contribution is 2.45. The lowest BCUT2D eigenvalue weighted by Gasteiger charge is -2.37. The molecule has 4 aromatic rings. The summed E-state index contributed by atoms with van der Waals surface area (Å²) in [5.41, 5.74) is 8.16. The molecule has 0 atom stereocenters. The fraction of sp³-hybridized carbons (Fsp3) is 0.143. The lowest BCUT2D eigenvalue weighted by Crippen LogP contribution is -2.31. The molecular formula is C28H26S3. The third-order valence-electron chi connectivity index (χ3n) is 5.92. The SMILES string of the molecule is SCc1ccc(C(c2ccccc2)(c2ccc(CS)cc2)c2ccc(CS)cc2)cc1. The van der Waals surface area contributed by atoms with E-state index in [1.54, 1.807) is 0 Å². The Morgan fingerprint density at radius 1 is 0.387 bits per heavy atom. The molecule has 0 spiro atoms. The number of hydrogen-bond acceptors (Lipinski definition) is 3. The summed E-state index contributed by atoms with van der Waals surface area (Å²) in [5.74, 6) is 2.18. The largest absolute Gasteiger partial charge is 0.175 e. The molecule has 31 heavy (non-hydrogen) atoms. The topological polar surface area (TPSA) is 0 Å². The van der Waals surface area contributed by atoms with Gasteiger partial charge in [-0.3, -0.25) is 0 Å². The van der Waals surface area contributed by atoms with Gasteiger partial charge in [-0.25, -0.2) is 0 Å². The minimum absolute atomic E-state index is 0.430. The van der Waals surface area contributed by atoms with Gasteiger partial charge < -0.3 is 0 Å². The van der Waals surface area contributed by atoms with Crippen LogP contribution in [0.15, 0.2) is 103 Å². The Hall–Kier alpha value is -2.07. The van der Waals surface area contributed by atoms with Gasteiger partial charge in [0.1, 0.15) is 0 Å². The van der Waals surface area contributed by atoms with Gasteiger partial charge in [-0.05, 0) is 38.9 Å². The first-order valence-electron chi connectivity index (χ1n) is 10.4. The molecule has 0 amide bonds. The van der Waals surface area contributed by atoms with Crippen LogP contribution in [0.25, 0.3) is 0 Å². The Bertz CT molecular complexity index is 984. The maximum Gasteiger partial charge on any atom is 0.0701 e. The van der Waals surface area contributed by atoms with Crippen molar-refractivity contribution in [3.05, 3.63) is 142 Å². The van der Waals surface area contributed by atoms with Gasteiger partial charge in [0.15, 0.2) is 0 Å². The van der Waals surface area contributed by atoms with Crippen LogP contribution in [0, 0.1) is 0 Å². The van der Waals surface area contributed by atoms with Crippen molar-refractivity contribution in [1.82, 2.24) is 0 Å². The van der Waals surface area contributed by atoms with Crippen LogP contribution in [0.1, 0.15) is 38.9 Å². The average molecular weight is 459 g/mol. The van der Waals surface area contributed by atoms with Crippen molar-refractivity contribution in [3.63, 3.8) is 0 Å². The van der Waals surface area contributed by atoms with E-state index in [1.807, 2.05) is 0 Å². The summed E-state index contributed by atoms with van der Waals surface area (Å²) in [6.45, 7) is 0. The molecule has 0 N–H and O–H groups in total. The monoisotopic (exact) mass is 458 g/mol. The summed E-state index contributed by atoms with van der Waals surface area (Å²) in [4.78, 5) is 0. The summed E-state index contributed by atoms with van der Waals surface area (Å²) in [5, 5.41) is 0. The second-order valence-electron chi connectivity index (χ2n) is 7.68. The first-order valence-corrected chi connectivity index (χ1v) is 12.3. The molecule has 0 bridgehead atoms. The first kappa shape index (κ1) is 22.1. The highest BCUT2D eigenvalue weighted by Gasteiger charge is 2.38. The minimum Gasteiger partial charge on any atom is -0.175 e. The van der Waals surface area contributed by atoms with Crippen LogP contribution in [0.3, 0.4) is 0 Å². The van der Waals surface area contributed by atoms with Crippen LogP contribution < -0.4 is 0 Å². The molecule has 3 heteroatoms. The molecule has 0 heterocycles. The van der Waals surface area contributed by atoms with E-state index in [4.69, 9.17) is 0 Å². The summed E-state index contributed by atoms with van der Waals surface area (Å²) in [6, 6.07) is 37.4. The van der Waals surface area contributed by atoms with Crippen LogP contribution in [-0.4, -0.2) is 0 Å². The first-order chi connectivity index (χ1) is 15.2. The normalized spacial score (nSPS) is 11.5. The molecule has 0 fully saturated rings. The van der Waals surface area contributed by atoms with Gasteiger partial charge in [0.2, 0.25) is 0 Å². The Labute approximate surface area is 202 Å². The fourth-order valence-corrected chi connectivity index (χ4v) is 4.90. The third-order valence-corrected chi connectivity index (χ3v) is 7.01. The highest BCUT2D eigenvalue weighted by atomic mass is 32.1. The molecule has 0 aliphatic heterocycles. The Balaban J connectivity index is 2.05. The van der Waals surface area contributed by atoms with Crippen LogP contribution in [0.4, 0.5) is 0 Å². The standard InChI is InChI=1S/C28H26S3/c29-18-21-6-12-25(13-7-21)28(24-4-2-1-3-5-24,26-14-8-22(19-30)9-15-26)27-16-10-23(20-31)11-17-27/h1-17,29-31H,18-20H2. The summed E-state index contributed by atoms with van der Waals surface area (Å²) in [7, 11) is 0. The Kier molecular flexibility index (Phi) is 7.16. The molecule has 4 rings (SSSR count). The van der Waals surface area contributed by atoms with E-state index in [1.165, 1.54) is 38.9 Å². The van der Waals surface area contributed by atoms with Crippen LogP contribution in [0.5, 0.6) is 0 Å².